The maximum atomic E-state index is 12.2. The average molecular weight is 508 g/mol. The highest BCUT2D eigenvalue weighted by Crippen LogP contribution is 2.42. The topological polar surface area (TPSA) is 189 Å². The van der Waals surface area contributed by atoms with Gasteiger partial charge in [0.2, 0.25) is 6.29 Å². The van der Waals surface area contributed by atoms with E-state index in [2.05, 4.69) is 0 Å². The second-order valence-corrected chi connectivity index (χ2v) is 9.06. The Bertz CT molecular complexity index is 1110. The van der Waals surface area contributed by atoms with Gasteiger partial charge in [-0.05, 0) is 49.7 Å². The molecule has 1 aliphatic rings. The van der Waals surface area contributed by atoms with E-state index in [9.17, 15) is 35.1 Å². The number of phenols is 1. The maximum Gasteiger partial charge on any atom is 0.229 e. The third-order valence-corrected chi connectivity index (χ3v) is 6.50. The van der Waals surface area contributed by atoms with Gasteiger partial charge in [-0.25, -0.2) is 0 Å². The molecule has 7 atom stereocenters. The molecule has 0 aliphatic carbocycles. The number of benzene rings is 2. The molecule has 2 aromatic carbocycles. The molecule has 36 heavy (non-hydrogen) atoms. The van der Waals surface area contributed by atoms with Crippen molar-refractivity contribution >= 4 is 22.8 Å². The highest BCUT2D eigenvalue weighted by Gasteiger charge is 2.48. The fourth-order valence-electron chi connectivity index (χ4n) is 4.56. The van der Waals surface area contributed by atoms with E-state index < -0.39 is 36.8 Å². The molecule has 0 saturated carbocycles. The van der Waals surface area contributed by atoms with Gasteiger partial charge in [0.05, 0.1) is 24.2 Å². The lowest BCUT2D eigenvalue weighted by atomic mass is 9.89. The summed E-state index contributed by atoms with van der Waals surface area (Å²) < 4.78 is 16.9. The number of Topliss-reactive ketones (excluding diaryl/α,β-unsaturated/α-hetero) is 1. The van der Waals surface area contributed by atoms with Crippen LogP contribution < -0.4 is 15.2 Å². The number of phenolic OH excluding ortho intramolecular Hbond substituents is 1. The minimum atomic E-state index is -1.74. The van der Waals surface area contributed by atoms with Gasteiger partial charge in [0, 0.05) is 12.5 Å². The van der Waals surface area contributed by atoms with Gasteiger partial charge in [-0.2, -0.15) is 0 Å². The Labute approximate surface area is 208 Å². The van der Waals surface area contributed by atoms with Crippen molar-refractivity contribution in [2.75, 3.05) is 13.7 Å². The molecule has 0 spiro atoms. The number of methoxy groups -OCH3 is 1. The van der Waals surface area contributed by atoms with E-state index in [-0.39, 0.29) is 53.5 Å². The summed E-state index contributed by atoms with van der Waals surface area (Å²) in [5, 5.41) is 53.7. The van der Waals surface area contributed by atoms with Crippen molar-refractivity contribution in [3.8, 4) is 17.2 Å². The molecule has 1 heterocycles. The number of aryl methyl sites for hydroxylation is 1. The number of aliphatic hydroxyl groups excluding tert-OH is 4. The fourth-order valence-corrected chi connectivity index (χ4v) is 4.56. The summed E-state index contributed by atoms with van der Waals surface area (Å²) in [6.07, 6.45) is -8.68. The summed E-state index contributed by atoms with van der Waals surface area (Å²) in [6, 6.07) is 4.71. The van der Waals surface area contributed by atoms with Crippen LogP contribution in [0.2, 0.25) is 0 Å². The van der Waals surface area contributed by atoms with Gasteiger partial charge in [-0.3, -0.25) is 4.79 Å². The highest BCUT2D eigenvalue weighted by atomic mass is 16.7. The number of aromatic hydroxyl groups is 1. The number of carbonyl (C=O) groups is 2. The first kappa shape index (κ1) is 27.8. The Morgan fingerprint density at radius 1 is 1.19 bits per heavy atom. The predicted molar refractivity (Wildman–Crippen MR) is 128 cm³/mol. The van der Waals surface area contributed by atoms with E-state index in [1.807, 2.05) is 0 Å². The molecule has 0 bridgehead atoms. The van der Waals surface area contributed by atoms with E-state index in [0.29, 0.717) is 23.0 Å². The Morgan fingerprint density at radius 3 is 2.47 bits per heavy atom. The van der Waals surface area contributed by atoms with E-state index in [1.54, 1.807) is 19.1 Å². The largest absolute Gasteiger partial charge is 0.506 e. The summed E-state index contributed by atoms with van der Waals surface area (Å²) in [5.41, 5.74) is 6.27. The highest BCUT2D eigenvalue weighted by molar-refractivity contribution is 6.07. The zero-order valence-electron chi connectivity index (χ0n) is 20.3. The number of fused-ring (bicyclic) bond motifs is 1. The number of aliphatic hydroxyl groups is 4. The smallest absolute Gasteiger partial charge is 0.229 e. The number of aldehydes is 1. The van der Waals surface area contributed by atoms with Gasteiger partial charge in [-0.15, -0.1) is 0 Å². The number of ketones is 1. The van der Waals surface area contributed by atoms with Gasteiger partial charge >= 0.3 is 0 Å². The molecule has 11 heteroatoms. The van der Waals surface area contributed by atoms with Gasteiger partial charge in [0.25, 0.3) is 0 Å². The van der Waals surface area contributed by atoms with E-state index in [4.69, 9.17) is 19.9 Å². The number of carbonyl (C=O) groups excluding carboxylic acids is 2. The van der Waals surface area contributed by atoms with Gasteiger partial charge < -0.3 is 50.3 Å². The van der Waals surface area contributed by atoms with Crippen molar-refractivity contribution in [3.05, 3.63) is 29.3 Å². The molecule has 198 valence electrons. The minimum absolute atomic E-state index is 0.00334. The molecule has 7 N–H and O–H groups in total. The summed E-state index contributed by atoms with van der Waals surface area (Å²) in [4.78, 5) is 23.0. The molecule has 1 saturated heterocycles. The Morgan fingerprint density at radius 2 is 1.89 bits per heavy atom. The monoisotopic (exact) mass is 507 g/mol. The van der Waals surface area contributed by atoms with Crippen molar-refractivity contribution in [3.63, 3.8) is 0 Å². The van der Waals surface area contributed by atoms with Crippen LogP contribution in [0.15, 0.2) is 18.2 Å². The van der Waals surface area contributed by atoms with Crippen molar-refractivity contribution in [2.24, 2.45) is 11.7 Å². The second kappa shape index (κ2) is 11.5. The third kappa shape index (κ3) is 5.46. The number of hydrogen-bond donors (Lipinski definition) is 6. The molecule has 2 aromatic rings. The van der Waals surface area contributed by atoms with Crippen LogP contribution in [0.25, 0.3) is 10.8 Å². The van der Waals surface area contributed by atoms with E-state index in [0.717, 1.165) is 0 Å². The molecular weight excluding hydrogens is 474 g/mol. The minimum Gasteiger partial charge on any atom is -0.506 e. The summed E-state index contributed by atoms with van der Waals surface area (Å²) >= 11 is 0. The molecule has 3 rings (SSSR count). The van der Waals surface area contributed by atoms with Crippen LogP contribution in [0.3, 0.4) is 0 Å². The van der Waals surface area contributed by atoms with Crippen molar-refractivity contribution in [2.45, 2.75) is 63.5 Å². The Kier molecular flexibility index (Phi) is 8.88. The molecule has 0 amide bonds. The van der Waals surface area contributed by atoms with Crippen LogP contribution in [0, 0.1) is 12.8 Å². The van der Waals surface area contributed by atoms with E-state index >= 15 is 0 Å². The van der Waals surface area contributed by atoms with Crippen LogP contribution in [0.5, 0.6) is 17.2 Å². The zero-order valence-corrected chi connectivity index (χ0v) is 20.3. The van der Waals surface area contributed by atoms with Crippen molar-refractivity contribution in [1.29, 1.82) is 0 Å². The standard InChI is InChI=1S/C25H33NO10/c1-11-6-14-8-15(34-3)9-17(19(14)20(30)18(11)12(2)28)35-25-23(33)21(31)22(32)24(36-25)16(29)7-13(10-26)4-5-27/h5-6,8-9,13,16,21-25,29-33H,4,7,10,26H2,1-3H3/t13-,16-,21+,22+,23-,24-,25+/m1/s1. The number of nitrogens with two attached hydrogens (primary N) is 1. The zero-order chi connectivity index (χ0) is 26.7. The summed E-state index contributed by atoms with van der Waals surface area (Å²) in [7, 11) is 1.42. The fraction of sp³-hybridized carbons (Fsp3) is 0.520. The Hall–Kier alpha value is -2.80. The molecule has 0 aromatic heterocycles. The first-order valence-corrected chi connectivity index (χ1v) is 11.6. The predicted octanol–water partition coefficient (Wildman–Crippen LogP) is 0.166. The second-order valence-electron chi connectivity index (χ2n) is 9.06. The van der Waals surface area contributed by atoms with Crippen LogP contribution in [-0.4, -0.2) is 88.1 Å². The quantitative estimate of drug-likeness (QED) is 0.190. The normalized spacial score (nSPS) is 25.8. The van der Waals surface area contributed by atoms with Gasteiger partial charge in [-0.1, -0.05) is 6.07 Å². The molecular formula is C25H33NO10. The third-order valence-electron chi connectivity index (χ3n) is 6.50. The first-order valence-electron chi connectivity index (χ1n) is 11.6. The summed E-state index contributed by atoms with van der Waals surface area (Å²) in [6.45, 7) is 3.10. The lowest BCUT2D eigenvalue weighted by Gasteiger charge is -2.42. The molecule has 1 fully saturated rings. The number of ether oxygens (including phenoxy) is 3. The van der Waals surface area contributed by atoms with Crippen LogP contribution in [0.4, 0.5) is 0 Å². The lowest BCUT2D eigenvalue weighted by molar-refractivity contribution is -0.288. The molecule has 11 nitrogen and oxygen atoms in total. The van der Waals surface area contributed by atoms with E-state index in [1.165, 1.54) is 20.1 Å². The SMILES string of the molecule is COc1cc(O[C@H]2O[C@H]([C@H](O)C[C@H](CN)CC=O)[C@@H](O)[C@H](O)[C@H]2O)c2c(O)c(C(C)=O)c(C)cc2c1. The van der Waals surface area contributed by atoms with Crippen LogP contribution in [0.1, 0.15) is 35.7 Å². The Balaban J connectivity index is 2.00. The maximum absolute atomic E-state index is 12.2. The number of rotatable bonds is 10. The van der Waals surface area contributed by atoms with Gasteiger partial charge in [0.1, 0.15) is 48.0 Å². The van der Waals surface area contributed by atoms with Crippen molar-refractivity contribution in [1.82, 2.24) is 0 Å². The van der Waals surface area contributed by atoms with Gasteiger partial charge in [0.15, 0.2) is 5.78 Å². The molecule has 0 unspecified atom stereocenters. The average Bonchev–Trinajstić information content (AvgIpc) is 2.82. The molecule has 1 aliphatic heterocycles. The lowest BCUT2D eigenvalue weighted by Crippen LogP contribution is -2.62. The molecule has 0 radical (unpaired) electrons. The van der Waals surface area contributed by atoms with Crippen molar-refractivity contribution < 1.29 is 49.3 Å². The summed E-state index contributed by atoms with van der Waals surface area (Å²) in [5.74, 6) is -0.768. The van der Waals surface area contributed by atoms with Crippen LogP contribution >= 0.6 is 0 Å². The first-order chi connectivity index (χ1) is 17.0. The number of hydrogen-bond acceptors (Lipinski definition) is 11. The van der Waals surface area contributed by atoms with Crippen LogP contribution in [-0.2, 0) is 9.53 Å².